The van der Waals surface area contributed by atoms with Crippen LogP contribution in [0.2, 0.25) is 0 Å². The molecule has 0 aliphatic carbocycles. The highest BCUT2D eigenvalue weighted by Crippen LogP contribution is 2.32. The number of benzene rings is 3. The zero-order valence-corrected chi connectivity index (χ0v) is 20.8. The Morgan fingerprint density at radius 2 is 1.47 bits per heavy atom. The summed E-state index contributed by atoms with van der Waals surface area (Å²) >= 11 is 0. The van der Waals surface area contributed by atoms with Gasteiger partial charge in [0.2, 0.25) is 5.91 Å². The van der Waals surface area contributed by atoms with E-state index < -0.39 is 35.5 Å². The minimum absolute atomic E-state index is 0.403. The van der Waals surface area contributed by atoms with E-state index >= 15 is 4.39 Å². The van der Waals surface area contributed by atoms with E-state index in [1.165, 1.54) is 6.08 Å². The normalized spacial score (nSPS) is 11.6. The van der Waals surface area contributed by atoms with E-state index in [-0.39, 0.29) is 0 Å². The number of halogens is 1. The summed E-state index contributed by atoms with van der Waals surface area (Å²) in [4.78, 5) is 42.5. The number of hydrogen-bond donors (Lipinski definition) is 1. The van der Waals surface area contributed by atoms with Crippen LogP contribution in [-0.4, -0.2) is 42.7 Å². The van der Waals surface area contributed by atoms with Gasteiger partial charge in [0.15, 0.2) is 0 Å². The first-order valence-electron chi connectivity index (χ1n) is 11.7. The van der Waals surface area contributed by atoms with Gasteiger partial charge in [-0.1, -0.05) is 78.9 Å². The lowest BCUT2D eigenvalue weighted by molar-refractivity contribution is -0.167. The van der Waals surface area contributed by atoms with Crippen molar-refractivity contribution in [2.45, 2.75) is 12.1 Å². The molecule has 1 amide bonds. The standard InChI is InChI=1S/C30H25FN2O5/c1-37-28(35)30(31,29(36)38-2)24(18-20-13-15-22(16-14-20)21-8-4-3-5-9-21)19-26(34)33-25-12-6-10-23-11-7-17-32-27(23)25/h3-18H,19H2,1-2H3,(H,33,34)/b24-18+. The van der Waals surface area contributed by atoms with Gasteiger partial charge in [0.25, 0.3) is 0 Å². The van der Waals surface area contributed by atoms with E-state index in [0.29, 0.717) is 16.8 Å². The molecule has 1 heterocycles. The molecule has 7 nitrogen and oxygen atoms in total. The van der Waals surface area contributed by atoms with Gasteiger partial charge in [-0.15, -0.1) is 0 Å². The molecular weight excluding hydrogens is 487 g/mol. The fraction of sp³-hybridized carbons (Fsp3) is 0.133. The first-order chi connectivity index (χ1) is 18.4. The minimum atomic E-state index is -3.34. The highest BCUT2D eigenvalue weighted by molar-refractivity contribution is 6.10. The molecule has 0 fully saturated rings. The van der Waals surface area contributed by atoms with Crippen LogP contribution in [0.3, 0.4) is 0 Å². The molecular formula is C30H25FN2O5. The molecule has 0 unspecified atom stereocenters. The predicted molar refractivity (Wildman–Crippen MR) is 143 cm³/mol. The Hall–Kier alpha value is -4.85. The highest BCUT2D eigenvalue weighted by Gasteiger charge is 2.53. The number of amides is 1. The molecule has 1 aromatic heterocycles. The third-order valence-electron chi connectivity index (χ3n) is 5.99. The molecule has 0 aliphatic rings. The van der Waals surface area contributed by atoms with Crippen molar-refractivity contribution in [3.05, 3.63) is 102 Å². The first kappa shape index (κ1) is 26.2. The number of anilines is 1. The van der Waals surface area contributed by atoms with Crippen LogP contribution < -0.4 is 5.32 Å². The number of hydrogen-bond acceptors (Lipinski definition) is 6. The predicted octanol–water partition coefficient (Wildman–Crippen LogP) is 5.37. The summed E-state index contributed by atoms with van der Waals surface area (Å²) < 4.78 is 25.4. The molecule has 0 bridgehead atoms. The highest BCUT2D eigenvalue weighted by atomic mass is 19.1. The van der Waals surface area contributed by atoms with Crippen LogP contribution in [-0.2, 0) is 23.9 Å². The van der Waals surface area contributed by atoms with E-state index in [9.17, 15) is 14.4 Å². The Morgan fingerprint density at radius 1 is 0.842 bits per heavy atom. The van der Waals surface area contributed by atoms with Crippen LogP contribution in [0.15, 0.2) is 96.7 Å². The van der Waals surface area contributed by atoms with Crippen molar-refractivity contribution >= 4 is 40.5 Å². The molecule has 4 aromatic rings. The van der Waals surface area contributed by atoms with Crippen LogP contribution in [0.5, 0.6) is 0 Å². The molecule has 0 saturated carbocycles. The van der Waals surface area contributed by atoms with E-state index in [0.717, 1.165) is 30.7 Å². The Morgan fingerprint density at radius 3 is 2.13 bits per heavy atom. The second-order valence-electron chi connectivity index (χ2n) is 8.40. The Balaban J connectivity index is 1.71. The second kappa shape index (κ2) is 11.5. The fourth-order valence-electron chi connectivity index (χ4n) is 4.08. The number of carbonyl (C=O) groups excluding carboxylic acids is 3. The average molecular weight is 513 g/mol. The summed E-state index contributed by atoms with van der Waals surface area (Å²) in [6, 6.07) is 25.5. The smallest absolute Gasteiger partial charge is 0.360 e. The fourth-order valence-corrected chi connectivity index (χ4v) is 4.08. The van der Waals surface area contributed by atoms with Gasteiger partial charge in [0, 0.05) is 11.6 Å². The van der Waals surface area contributed by atoms with Crippen LogP contribution in [0.25, 0.3) is 28.1 Å². The number of aromatic nitrogens is 1. The van der Waals surface area contributed by atoms with Crippen molar-refractivity contribution in [1.29, 1.82) is 0 Å². The van der Waals surface area contributed by atoms with Gasteiger partial charge in [-0.05, 0) is 34.4 Å². The largest absolute Gasteiger partial charge is 0.466 e. The maximum Gasteiger partial charge on any atom is 0.360 e. The summed E-state index contributed by atoms with van der Waals surface area (Å²) in [6.45, 7) is 0. The van der Waals surface area contributed by atoms with Crippen molar-refractivity contribution < 1.29 is 28.2 Å². The lowest BCUT2D eigenvalue weighted by Gasteiger charge is -2.23. The van der Waals surface area contributed by atoms with E-state index in [2.05, 4.69) is 19.8 Å². The number of nitrogens with one attached hydrogen (secondary N) is 1. The van der Waals surface area contributed by atoms with Crippen molar-refractivity contribution in [3.8, 4) is 11.1 Å². The number of ether oxygens (including phenoxy) is 2. The van der Waals surface area contributed by atoms with Gasteiger partial charge >= 0.3 is 17.6 Å². The minimum Gasteiger partial charge on any atom is -0.466 e. The molecule has 3 aromatic carbocycles. The van der Waals surface area contributed by atoms with Crippen LogP contribution >= 0.6 is 0 Å². The number of pyridine rings is 1. The molecule has 0 radical (unpaired) electrons. The SMILES string of the molecule is COC(=O)C(F)(C(=O)OC)/C(=C/c1ccc(-c2ccccc2)cc1)CC(=O)Nc1cccc2cccnc12. The third-order valence-corrected chi connectivity index (χ3v) is 5.99. The van der Waals surface area contributed by atoms with E-state index in [4.69, 9.17) is 0 Å². The van der Waals surface area contributed by atoms with Crippen molar-refractivity contribution in [1.82, 2.24) is 4.98 Å². The van der Waals surface area contributed by atoms with Gasteiger partial charge in [-0.2, -0.15) is 0 Å². The van der Waals surface area contributed by atoms with Crippen molar-refractivity contribution in [2.24, 2.45) is 0 Å². The summed E-state index contributed by atoms with van der Waals surface area (Å²) in [5, 5.41) is 3.50. The zero-order valence-electron chi connectivity index (χ0n) is 20.8. The van der Waals surface area contributed by atoms with Gasteiger partial charge in [0.05, 0.1) is 31.8 Å². The summed E-state index contributed by atoms with van der Waals surface area (Å²) in [7, 11) is 1.90. The van der Waals surface area contributed by atoms with Gasteiger partial charge in [-0.3, -0.25) is 9.78 Å². The second-order valence-corrected chi connectivity index (χ2v) is 8.40. The monoisotopic (exact) mass is 512 g/mol. The maximum absolute atomic E-state index is 16.2. The molecule has 0 saturated heterocycles. The van der Waals surface area contributed by atoms with Crippen molar-refractivity contribution in [3.63, 3.8) is 0 Å². The lowest BCUT2D eigenvalue weighted by Crippen LogP contribution is -2.46. The average Bonchev–Trinajstić information content (AvgIpc) is 2.96. The quantitative estimate of drug-likeness (QED) is 0.252. The lowest BCUT2D eigenvalue weighted by atomic mass is 9.90. The van der Waals surface area contributed by atoms with Crippen LogP contribution in [0, 0.1) is 0 Å². The topological polar surface area (TPSA) is 94.6 Å². The van der Waals surface area contributed by atoms with Crippen LogP contribution in [0.4, 0.5) is 10.1 Å². The van der Waals surface area contributed by atoms with Gasteiger partial charge in [-0.25, -0.2) is 14.0 Å². The number of carbonyl (C=O) groups is 3. The van der Waals surface area contributed by atoms with Crippen molar-refractivity contribution in [2.75, 3.05) is 19.5 Å². The Labute approximate surface area is 218 Å². The number of methoxy groups -OCH3 is 2. The summed E-state index contributed by atoms with van der Waals surface area (Å²) in [5.74, 6) is -3.64. The number of para-hydroxylation sites is 1. The molecule has 38 heavy (non-hydrogen) atoms. The number of rotatable bonds is 8. The third kappa shape index (κ3) is 5.44. The molecule has 0 atom stereocenters. The number of fused-ring (bicyclic) bond motifs is 1. The molecule has 192 valence electrons. The molecule has 8 heteroatoms. The van der Waals surface area contributed by atoms with E-state index in [1.54, 1.807) is 36.5 Å². The van der Waals surface area contributed by atoms with Gasteiger partial charge < -0.3 is 14.8 Å². The summed E-state index contributed by atoms with van der Waals surface area (Å²) in [6.07, 6.45) is 2.23. The maximum atomic E-state index is 16.2. The van der Waals surface area contributed by atoms with Gasteiger partial charge in [0.1, 0.15) is 0 Å². The van der Waals surface area contributed by atoms with Crippen LogP contribution in [0.1, 0.15) is 12.0 Å². The summed E-state index contributed by atoms with van der Waals surface area (Å²) in [5.41, 5.74) is -0.467. The number of alkyl halides is 1. The molecule has 4 rings (SSSR count). The molecule has 0 spiro atoms. The molecule has 1 N–H and O–H groups in total. The number of nitrogens with zero attached hydrogens (tertiary/aromatic N) is 1. The first-order valence-corrected chi connectivity index (χ1v) is 11.7. The molecule has 0 aliphatic heterocycles. The zero-order chi connectivity index (χ0) is 27.1. The van der Waals surface area contributed by atoms with E-state index in [1.807, 2.05) is 54.6 Å². The Bertz CT molecular complexity index is 1480. The Kier molecular flexibility index (Phi) is 7.91. The number of esters is 2.